The van der Waals surface area contributed by atoms with Gasteiger partial charge in [-0.3, -0.25) is 19.3 Å². The summed E-state index contributed by atoms with van der Waals surface area (Å²) < 4.78 is 7.36. The highest BCUT2D eigenvalue weighted by Crippen LogP contribution is 2.28. The molecule has 176 valence electrons. The predicted molar refractivity (Wildman–Crippen MR) is 130 cm³/mol. The second-order valence-electron chi connectivity index (χ2n) is 8.96. The molecule has 1 fully saturated rings. The van der Waals surface area contributed by atoms with E-state index in [2.05, 4.69) is 27.8 Å². The van der Waals surface area contributed by atoms with E-state index >= 15 is 0 Å². The molecular weight excluding hydrogens is 450 g/mol. The summed E-state index contributed by atoms with van der Waals surface area (Å²) in [6.45, 7) is 4.25. The number of hydrogen-bond acceptors (Lipinski definition) is 6. The van der Waals surface area contributed by atoms with E-state index in [0.717, 1.165) is 36.3 Å². The number of aryl methyl sites for hydroxylation is 3. The van der Waals surface area contributed by atoms with E-state index in [1.807, 2.05) is 19.9 Å². The Kier molecular flexibility index (Phi) is 6.08. The molecular formula is C26H27N3O4S. The smallest absolute Gasteiger partial charge is 0.312 e. The topological polar surface area (TPSA) is 81.5 Å². The van der Waals surface area contributed by atoms with E-state index in [1.165, 1.54) is 28.9 Å². The number of benzene rings is 1. The Bertz CT molecular complexity index is 1290. The monoisotopic (exact) mass is 477 g/mol. The second kappa shape index (κ2) is 9.18. The van der Waals surface area contributed by atoms with Crippen molar-refractivity contribution in [1.29, 1.82) is 0 Å². The molecule has 8 heteroatoms. The van der Waals surface area contributed by atoms with Gasteiger partial charge in [-0.1, -0.05) is 6.07 Å². The molecule has 0 atom stereocenters. The Hall–Kier alpha value is -3.26. The lowest BCUT2D eigenvalue weighted by atomic mass is 10.1. The molecule has 1 saturated heterocycles. The molecule has 7 nitrogen and oxygen atoms in total. The zero-order chi connectivity index (χ0) is 23.8. The number of ether oxygens (including phenoxy) is 1. The van der Waals surface area contributed by atoms with Gasteiger partial charge in [-0.25, -0.2) is 4.98 Å². The van der Waals surface area contributed by atoms with Gasteiger partial charge in [0.15, 0.2) is 11.7 Å². The lowest BCUT2D eigenvalue weighted by Crippen LogP contribution is -2.23. The molecule has 1 aliphatic heterocycles. The predicted octanol–water partition coefficient (Wildman–Crippen LogP) is 4.13. The van der Waals surface area contributed by atoms with Crippen LogP contribution in [-0.2, 0) is 33.6 Å². The molecule has 1 aliphatic carbocycles. The zero-order valence-corrected chi connectivity index (χ0v) is 20.2. The maximum absolute atomic E-state index is 12.9. The van der Waals surface area contributed by atoms with Crippen molar-refractivity contribution in [3.05, 3.63) is 63.4 Å². The molecule has 0 radical (unpaired) electrons. The average molecular weight is 478 g/mol. The van der Waals surface area contributed by atoms with Gasteiger partial charge in [-0.2, -0.15) is 0 Å². The first kappa shape index (κ1) is 22.5. The fraction of sp³-hybridized carbons (Fsp3) is 0.385. The maximum Gasteiger partial charge on any atom is 0.312 e. The normalized spacial score (nSPS) is 15.1. The summed E-state index contributed by atoms with van der Waals surface area (Å²) >= 11 is 1.34. The van der Waals surface area contributed by atoms with Gasteiger partial charge in [-0.15, -0.1) is 11.3 Å². The Morgan fingerprint density at radius 1 is 1.09 bits per heavy atom. The maximum atomic E-state index is 12.9. The summed E-state index contributed by atoms with van der Waals surface area (Å²) in [5.74, 6) is -0.674. The molecule has 0 bridgehead atoms. The number of ketones is 1. The summed E-state index contributed by atoms with van der Waals surface area (Å²) in [5.41, 5.74) is 6.77. The SMILES string of the molecule is Cc1cc(C(=O)COC(=O)Cc2csc(N3CCCC3=O)n2)c(C)n1-c1ccc2c(c1)CCC2. The van der Waals surface area contributed by atoms with Crippen LogP contribution in [-0.4, -0.2) is 40.4 Å². The van der Waals surface area contributed by atoms with Crippen molar-refractivity contribution in [3.63, 3.8) is 0 Å². The molecule has 1 amide bonds. The van der Waals surface area contributed by atoms with Crippen molar-refractivity contribution >= 4 is 34.1 Å². The van der Waals surface area contributed by atoms with E-state index in [0.29, 0.717) is 29.4 Å². The number of thiazole rings is 1. The Morgan fingerprint density at radius 2 is 1.91 bits per heavy atom. The summed E-state index contributed by atoms with van der Waals surface area (Å²) in [7, 11) is 0. The molecule has 1 aromatic carbocycles. The summed E-state index contributed by atoms with van der Waals surface area (Å²) in [5, 5.41) is 2.37. The van der Waals surface area contributed by atoms with Crippen LogP contribution in [0.25, 0.3) is 5.69 Å². The molecule has 34 heavy (non-hydrogen) atoms. The fourth-order valence-corrected chi connectivity index (χ4v) is 5.78. The number of esters is 1. The van der Waals surface area contributed by atoms with Crippen LogP contribution < -0.4 is 4.90 Å². The molecule has 0 N–H and O–H groups in total. The summed E-state index contributed by atoms with van der Waals surface area (Å²) in [6, 6.07) is 8.37. The van der Waals surface area contributed by atoms with Crippen molar-refractivity contribution in [2.45, 2.75) is 52.4 Å². The number of carbonyl (C=O) groups excluding carboxylic acids is 3. The van der Waals surface area contributed by atoms with Gasteiger partial charge in [-0.05, 0) is 68.9 Å². The van der Waals surface area contributed by atoms with E-state index in [-0.39, 0.29) is 24.7 Å². The van der Waals surface area contributed by atoms with Crippen molar-refractivity contribution in [1.82, 2.24) is 9.55 Å². The quantitative estimate of drug-likeness (QED) is 0.377. The molecule has 3 heterocycles. The van der Waals surface area contributed by atoms with Crippen LogP contribution in [0.4, 0.5) is 5.13 Å². The number of carbonyl (C=O) groups is 3. The summed E-state index contributed by atoms with van der Waals surface area (Å²) in [6.07, 6.45) is 4.75. The highest BCUT2D eigenvalue weighted by molar-refractivity contribution is 7.14. The number of Topliss-reactive ketones (excluding diaryl/α,β-unsaturated/α-hetero) is 1. The third-order valence-electron chi connectivity index (χ3n) is 6.61. The third kappa shape index (κ3) is 4.30. The largest absolute Gasteiger partial charge is 0.457 e. The number of nitrogens with zero attached hydrogens (tertiary/aromatic N) is 3. The Morgan fingerprint density at radius 3 is 2.71 bits per heavy atom. The molecule has 3 aromatic rings. The number of fused-ring (bicyclic) bond motifs is 1. The zero-order valence-electron chi connectivity index (χ0n) is 19.4. The standard InChI is InChI=1S/C26H27N3O4S/c1-16-11-22(17(2)29(16)21-9-8-18-5-3-6-19(18)12-21)23(30)14-33-25(32)13-20-15-34-26(27-20)28-10-4-7-24(28)31/h8-9,11-12,15H,3-7,10,13-14H2,1-2H3. The van der Waals surface area contributed by atoms with Crippen molar-refractivity contribution in [2.24, 2.45) is 0 Å². The Labute approximate surface area is 202 Å². The van der Waals surface area contributed by atoms with Gasteiger partial charge in [0.25, 0.3) is 0 Å². The first-order valence-corrected chi connectivity index (χ1v) is 12.5. The fourth-order valence-electron chi connectivity index (χ4n) is 4.91. The lowest BCUT2D eigenvalue weighted by molar-refractivity contribution is -0.141. The van der Waals surface area contributed by atoms with Gasteiger partial charge in [0, 0.05) is 41.0 Å². The van der Waals surface area contributed by atoms with Crippen LogP contribution in [0.3, 0.4) is 0 Å². The van der Waals surface area contributed by atoms with Crippen LogP contribution in [0, 0.1) is 13.8 Å². The van der Waals surface area contributed by atoms with E-state index in [4.69, 9.17) is 4.74 Å². The number of hydrogen-bond donors (Lipinski definition) is 0. The van der Waals surface area contributed by atoms with Crippen LogP contribution >= 0.6 is 11.3 Å². The van der Waals surface area contributed by atoms with Gasteiger partial charge >= 0.3 is 5.97 Å². The highest BCUT2D eigenvalue weighted by Gasteiger charge is 2.25. The highest BCUT2D eigenvalue weighted by atomic mass is 32.1. The van der Waals surface area contributed by atoms with E-state index in [1.54, 1.807) is 10.3 Å². The molecule has 2 aliphatic rings. The first-order chi connectivity index (χ1) is 16.4. The minimum atomic E-state index is -0.509. The van der Waals surface area contributed by atoms with Crippen molar-refractivity contribution in [3.8, 4) is 5.69 Å². The van der Waals surface area contributed by atoms with Crippen LogP contribution in [0.2, 0.25) is 0 Å². The lowest BCUT2D eigenvalue weighted by Gasteiger charge is -2.12. The summed E-state index contributed by atoms with van der Waals surface area (Å²) in [4.78, 5) is 43.1. The van der Waals surface area contributed by atoms with Gasteiger partial charge in [0.2, 0.25) is 11.7 Å². The number of amides is 1. The van der Waals surface area contributed by atoms with Gasteiger partial charge in [0.05, 0.1) is 12.1 Å². The average Bonchev–Trinajstić information content (AvgIpc) is 3.59. The van der Waals surface area contributed by atoms with Crippen molar-refractivity contribution in [2.75, 3.05) is 18.1 Å². The van der Waals surface area contributed by atoms with Gasteiger partial charge in [0.1, 0.15) is 0 Å². The minimum Gasteiger partial charge on any atom is -0.457 e. The molecule has 0 unspecified atom stereocenters. The van der Waals surface area contributed by atoms with Crippen LogP contribution in [0.5, 0.6) is 0 Å². The van der Waals surface area contributed by atoms with E-state index < -0.39 is 5.97 Å². The second-order valence-corrected chi connectivity index (χ2v) is 9.79. The molecule has 5 rings (SSSR count). The Balaban J connectivity index is 1.22. The van der Waals surface area contributed by atoms with Crippen LogP contribution in [0.15, 0.2) is 29.6 Å². The molecule has 0 spiro atoms. The molecule has 2 aromatic heterocycles. The number of rotatable bonds is 7. The van der Waals surface area contributed by atoms with Crippen LogP contribution in [0.1, 0.15) is 57.8 Å². The first-order valence-electron chi connectivity index (χ1n) is 11.7. The third-order valence-corrected chi connectivity index (χ3v) is 7.52. The number of aromatic nitrogens is 2. The minimum absolute atomic E-state index is 0.0278. The van der Waals surface area contributed by atoms with Gasteiger partial charge < -0.3 is 9.30 Å². The van der Waals surface area contributed by atoms with Crippen molar-refractivity contribution < 1.29 is 19.1 Å². The molecule has 0 saturated carbocycles. The van der Waals surface area contributed by atoms with E-state index in [9.17, 15) is 14.4 Å². The number of anilines is 1.